The van der Waals surface area contributed by atoms with E-state index in [0.717, 1.165) is 43.2 Å². The van der Waals surface area contributed by atoms with Gasteiger partial charge in [-0.15, -0.1) is 0 Å². The lowest BCUT2D eigenvalue weighted by molar-refractivity contribution is 0.249. The molecule has 1 aliphatic heterocycles. The van der Waals surface area contributed by atoms with E-state index in [1.807, 2.05) is 6.92 Å². The first-order valence-corrected chi connectivity index (χ1v) is 7.67. The van der Waals surface area contributed by atoms with Crippen molar-refractivity contribution in [2.75, 3.05) is 19.7 Å². The number of hydrogen-bond donors (Lipinski definition) is 1. The molecule has 0 radical (unpaired) electrons. The molecule has 1 fully saturated rings. The van der Waals surface area contributed by atoms with Crippen LogP contribution in [-0.4, -0.2) is 44.3 Å². The molecular formula is C13H18N4O2S. The molecule has 6 nitrogen and oxygen atoms in total. The maximum absolute atomic E-state index is 11.8. The summed E-state index contributed by atoms with van der Waals surface area (Å²) in [4.78, 5) is 19.1. The van der Waals surface area contributed by atoms with E-state index in [2.05, 4.69) is 15.0 Å². The second-order valence-electron chi connectivity index (χ2n) is 5.33. The Kier molecular flexibility index (Phi) is 3.82. The Bertz CT molecular complexity index is 666. The fraction of sp³-hybridized carbons (Fsp3) is 0.615. The van der Waals surface area contributed by atoms with Crippen molar-refractivity contribution in [1.29, 1.82) is 0 Å². The Morgan fingerprint density at radius 2 is 2.40 bits per heavy atom. The predicted octanol–water partition coefficient (Wildman–Crippen LogP) is 0.664. The molecule has 1 aliphatic rings. The standard InChI is InChI=1S/C13H18N4O2S/c1-9-6-12(19)17-13(14-9)20-11(15-17)8-16-4-2-10(7-16)3-5-18/h6,10,18H,2-5,7-8H2,1H3. The van der Waals surface area contributed by atoms with E-state index in [1.54, 1.807) is 0 Å². The molecule has 0 bridgehead atoms. The lowest BCUT2D eigenvalue weighted by Crippen LogP contribution is -2.21. The van der Waals surface area contributed by atoms with E-state index in [1.165, 1.54) is 21.9 Å². The van der Waals surface area contributed by atoms with Gasteiger partial charge in [0, 0.05) is 24.9 Å². The van der Waals surface area contributed by atoms with Gasteiger partial charge in [0.2, 0.25) is 4.96 Å². The molecule has 7 heteroatoms. The number of aliphatic hydroxyl groups is 1. The highest BCUT2D eigenvalue weighted by molar-refractivity contribution is 7.16. The van der Waals surface area contributed by atoms with Gasteiger partial charge >= 0.3 is 0 Å². The van der Waals surface area contributed by atoms with Gasteiger partial charge in [-0.25, -0.2) is 4.98 Å². The van der Waals surface area contributed by atoms with Crippen molar-refractivity contribution < 1.29 is 5.11 Å². The van der Waals surface area contributed by atoms with E-state index >= 15 is 0 Å². The van der Waals surface area contributed by atoms with Crippen molar-refractivity contribution in [3.8, 4) is 0 Å². The minimum absolute atomic E-state index is 0.116. The smallest absolute Gasteiger partial charge is 0.275 e. The minimum Gasteiger partial charge on any atom is -0.396 e. The molecule has 2 aromatic heterocycles. The summed E-state index contributed by atoms with van der Waals surface area (Å²) in [6, 6.07) is 1.50. The van der Waals surface area contributed by atoms with Crippen LogP contribution < -0.4 is 5.56 Å². The topological polar surface area (TPSA) is 70.7 Å². The highest BCUT2D eigenvalue weighted by atomic mass is 32.1. The number of nitrogens with zero attached hydrogens (tertiary/aromatic N) is 4. The van der Waals surface area contributed by atoms with Crippen LogP contribution in [0.3, 0.4) is 0 Å². The molecule has 1 saturated heterocycles. The van der Waals surface area contributed by atoms with Crippen LogP contribution in [0.25, 0.3) is 4.96 Å². The number of aliphatic hydroxyl groups excluding tert-OH is 1. The molecule has 2 aromatic rings. The first-order valence-electron chi connectivity index (χ1n) is 6.85. The van der Waals surface area contributed by atoms with Gasteiger partial charge in [0.1, 0.15) is 5.01 Å². The van der Waals surface area contributed by atoms with Gasteiger partial charge in [-0.2, -0.15) is 9.61 Å². The summed E-state index contributed by atoms with van der Waals surface area (Å²) in [5.41, 5.74) is 0.615. The van der Waals surface area contributed by atoms with Crippen molar-refractivity contribution in [3.63, 3.8) is 0 Å². The fourth-order valence-electron chi connectivity index (χ4n) is 2.69. The van der Waals surface area contributed by atoms with Crippen molar-refractivity contribution in [1.82, 2.24) is 19.5 Å². The Balaban J connectivity index is 1.75. The van der Waals surface area contributed by atoms with Gasteiger partial charge in [-0.1, -0.05) is 11.3 Å². The van der Waals surface area contributed by atoms with Crippen molar-refractivity contribution in [3.05, 3.63) is 27.1 Å². The molecule has 3 heterocycles. The Morgan fingerprint density at radius 3 is 3.20 bits per heavy atom. The Hall–Kier alpha value is -1.31. The predicted molar refractivity (Wildman–Crippen MR) is 77.0 cm³/mol. The zero-order valence-electron chi connectivity index (χ0n) is 11.4. The lowest BCUT2D eigenvalue weighted by Gasteiger charge is -2.13. The summed E-state index contributed by atoms with van der Waals surface area (Å²) in [7, 11) is 0. The zero-order chi connectivity index (χ0) is 14.1. The third-order valence-electron chi connectivity index (χ3n) is 3.68. The monoisotopic (exact) mass is 294 g/mol. The number of aryl methyl sites for hydroxylation is 1. The third-order valence-corrected chi connectivity index (χ3v) is 4.57. The van der Waals surface area contributed by atoms with Gasteiger partial charge in [0.25, 0.3) is 5.56 Å². The molecule has 0 aliphatic carbocycles. The molecule has 108 valence electrons. The number of hydrogen-bond acceptors (Lipinski definition) is 6. The highest BCUT2D eigenvalue weighted by Crippen LogP contribution is 2.22. The summed E-state index contributed by atoms with van der Waals surface area (Å²) in [6.07, 6.45) is 2.00. The van der Waals surface area contributed by atoms with Crippen molar-refractivity contribution >= 4 is 16.3 Å². The largest absolute Gasteiger partial charge is 0.396 e. The zero-order valence-corrected chi connectivity index (χ0v) is 12.3. The quantitative estimate of drug-likeness (QED) is 0.897. The van der Waals surface area contributed by atoms with Gasteiger partial charge < -0.3 is 5.11 Å². The second-order valence-corrected chi connectivity index (χ2v) is 6.37. The summed E-state index contributed by atoms with van der Waals surface area (Å²) in [6.45, 7) is 4.87. The average molecular weight is 294 g/mol. The van der Waals surface area contributed by atoms with Crippen molar-refractivity contribution in [2.24, 2.45) is 5.92 Å². The number of fused-ring (bicyclic) bond motifs is 1. The number of rotatable bonds is 4. The van der Waals surface area contributed by atoms with Crippen LogP contribution >= 0.6 is 11.3 Å². The molecule has 20 heavy (non-hydrogen) atoms. The number of aromatic nitrogens is 3. The molecule has 0 spiro atoms. The van der Waals surface area contributed by atoms with Crippen LogP contribution in [0.5, 0.6) is 0 Å². The van der Waals surface area contributed by atoms with Crippen LogP contribution in [0.1, 0.15) is 23.5 Å². The lowest BCUT2D eigenvalue weighted by atomic mass is 10.1. The third kappa shape index (κ3) is 2.74. The molecule has 1 unspecified atom stereocenters. The van der Waals surface area contributed by atoms with Crippen LogP contribution in [-0.2, 0) is 6.54 Å². The van der Waals surface area contributed by atoms with Gasteiger partial charge in [-0.05, 0) is 32.2 Å². The van der Waals surface area contributed by atoms with Crippen LogP contribution in [0.15, 0.2) is 10.9 Å². The summed E-state index contributed by atoms with van der Waals surface area (Å²) in [5, 5.41) is 14.3. The van der Waals surface area contributed by atoms with E-state index < -0.39 is 0 Å². The van der Waals surface area contributed by atoms with Gasteiger partial charge in [-0.3, -0.25) is 9.69 Å². The molecule has 1 N–H and O–H groups in total. The molecule has 0 saturated carbocycles. The van der Waals surface area contributed by atoms with Gasteiger partial charge in [0.05, 0.1) is 6.54 Å². The summed E-state index contributed by atoms with van der Waals surface area (Å²) < 4.78 is 1.38. The molecule has 0 amide bonds. The Morgan fingerprint density at radius 1 is 1.55 bits per heavy atom. The van der Waals surface area contributed by atoms with Crippen molar-refractivity contribution in [2.45, 2.75) is 26.3 Å². The van der Waals surface area contributed by atoms with Gasteiger partial charge in [0.15, 0.2) is 0 Å². The first kappa shape index (κ1) is 13.7. The summed E-state index contributed by atoms with van der Waals surface area (Å²) in [5.74, 6) is 0.581. The van der Waals surface area contributed by atoms with E-state index in [0.29, 0.717) is 10.9 Å². The van der Waals surface area contributed by atoms with Crippen LogP contribution in [0.4, 0.5) is 0 Å². The van der Waals surface area contributed by atoms with Crippen LogP contribution in [0, 0.1) is 12.8 Å². The maximum atomic E-state index is 11.8. The fourth-order valence-corrected chi connectivity index (χ4v) is 3.68. The highest BCUT2D eigenvalue weighted by Gasteiger charge is 2.23. The van der Waals surface area contributed by atoms with Crippen LogP contribution in [0.2, 0.25) is 0 Å². The molecular weight excluding hydrogens is 276 g/mol. The van der Waals surface area contributed by atoms with E-state index in [-0.39, 0.29) is 12.2 Å². The summed E-state index contributed by atoms with van der Waals surface area (Å²) >= 11 is 1.48. The second kappa shape index (κ2) is 5.59. The van der Waals surface area contributed by atoms with E-state index in [9.17, 15) is 4.79 Å². The first-order chi connectivity index (χ1) is 9.65. The molecule has 3 rings (SSSR count). The van der Waals surface area contributed by atoms with E-state index in [4.69, 9.17) is 5.11 Å². The minimum atomic E-state index is -0.116. The average Bonchev–Trinajstić information content (AvgIpc) is 2.97. The normalized spacial score (nSPS) is 20.0. The number of likely N-dealkylation sites (tertiary alicyclic amines) is 1. The molecule has 0 aromatic carbocycles. The SMILES string of the molecule is Cc1cc(=O)n2nc(CN3CCC(CCO)C3)sc2n1. The maximum Gasteiger partial charge on any atom is 0.275 e. The Labute approximate surface area is 120 Å². The molecule has 1 atom stereocenters.